The van der Waals surface area contributed by atoms with Gasteiger partial charge in [0, 0.05) is 23.8 Å². The summed E-state index contributed by atoms with van der Waals surface area (Å²) in [6.07, 6.45) is 0.873. The van der Waals surface area contributed by atoms with Crippen molar-refractivity contribution in [2.45, 2.75) is 6.42 Å². The van der Waals surface area contributed by atoms with E-state index in [2.05, 4.69) is 26.1 Å². The third-order valence-corrected chi connectivity index (χ3v) is 3.59. The summed E-state index contributed by atoms with van der Waals surface area (Å²) in [4.78, 5) is 26.7. The van der Waals surface area contributed by atoms with Crippen LogP contribution in [-0.2, 0) is 0 Å². The number of amides is 2. The monoisotopic (exact) mass is 357 g/mol. The molecule has 0 spiro atoms. The summed E-state index contributed by atoms with van der Waals surface area (Å²) in [5.74, 6) is -1.04. The predicted molar refractivity (Wildman–Crippen MR) is 85.9 cm³/mol. The van der Waals surface area contributed by atoms with Crippen molar-refractivity contribution < 1.29 is 14.7 Å². The molecule has 0 bridgehead atoms. The minimum absolute atomic E-state index is 0.114. The predicted octanol–water partition coefficient (Wildman–Crippen LogP) is 2.56. The molecule has 0 aliphatic heterocycles. The van der Waals surface area contributed by atoms with E-state index in [1.165, 1.54) is 6.07 Å². The summed E-state index contributed by atoms with van der Waals surface area (Å²) in [6.45, 7) is 1.53. The second-order valence-corrected chi connectivity index (χ2v) is 5.86. The van der Waals surface area contributed by atoms with E-state index in [1.807, 2.05) is 14.1 Å². The van der Waals surface area contributed by atoms with Gasteiger partial charge < -0.3 is 20.2 Å². The number of urea groups is 1. The van der Waals surface area contributed by atoms with Crippen LogP contribution >= 0.6 is 15.9 Å². The van der Waals surface area contributed by atoms with Gasteiger partial charge in [-0.1, -0.05) is 0 Å². The highest BCUT2D eigenvalue weighted by molar-refractivity contribution is 9.10. The topological polar surface area (TPSA) is 72.9 Å². The maximum absolute atomic E-state index is 12.0. The van der Waals surface area contributed by atoms with Gasteiger partial charge in [-0.2, -0.15) is 0 Å². The fourth-order valence-corrected chi connectivity index (χ4v) is 2.13. The molecular formula is C14H20BrN3O3. The zero-order valence-corrected chi connectivity index (χ0v) is 14.0. The van der Waals surface area contributed by atoms with Crippen LogP contribution in [0, 0.1) is 0 Å². The molecule has 1 rings (SSSR count). The maximum Gasteiger partial charge on any atom is 0.336 e. The Morgan fingerprint density at radius 1 is 1.24 bits per heavy atom. The van der Waals surface area contributed by atoms with Gasteiger partial charge in [0.15, 0.2) is 0 Å². The summed E-state index contributed by atoms with van der Waals surface area (Å²) in [7, 11) is 5.67. The van der Waals surface area contributed by atoms with Gasteiger partial charge in [-0.3, -0.25) is 0 Å². The SMILES string of the molecule is CN(C)CCCN(C)C(=O)Nc1ccc(Br)c(C(=O)O)c1. The summed E-state index contributed by atoms with van der Waals surface area (Å²) < 4.78 is 0.479. The molecule has 0 heterocycles. The lowest BCUT2D eigenvalue weighted by Gasteiger charge is -2.19. The summed E-state index contributed by atoms with van der Waals surface area (Å²) in [6, 6.07) is 4.43. The lowest BCUT2D eigenvalue weighted by Crippen LogP contribution is -2.33. The lowest BCUT2D eigenvalue weighted by molar-refractivity contribution is 0.0696. The van der Waals surface area contributed by atoms with E-state index in [-0.39, 0.29) is 11.6 Å². The minimum atomic E-state index is -1.04. The van der Waals surface area contributed by atoms with E-state index in [0.29, 0.717) is 16.7 Å². The number of carbonyl (C=O) groups is 2. The molecule has 0 unspecified atom stereocenters. The Morgan fingerprint density at radius 3 is 2.48 bits per heavy atom. The zero-order chi connectivity index (χ0) is 16.0. The molecule has 0 aromatic heterocycles. The van der Waals surface area contributed by atoms with E-state index >= 15 is 0 Å². The Balaban J connectivity index is 2.62. The molecule has 0 atom stereocenters. The Hall–Kier alpha value is -1.60. The number of halogens is 1. The summed E-state index contributed by atoms with van der Waals surface area (Å²) >= 11 is 3.17. The summed E-state index contributed by atoms with van der Waals surface area (Å²) in [5, 5.41) is 11.7. The van der Waals surface area contributed by atoms with Crippen LogP contribution in [0.5, 0.6) is 0 Å². The van der Waals surface area contributed by atoms with Crippen LogP contribution in [0.1, 0.15) is 16.8 Å². The number of carboxylic acids is 1. The molecule has 2 N–H and O–H groups in total. The van der Waals surface area contributed by atoms with Crippen molar-refractivity contribution in [3.8, 4) is 0 Å². The van der Waals surface area contributed by atoms with E-state index in [1.54, 1.807) is 24.1 Å². The molecule has 1 aromatic carbocycles. The largest absolute Gasteiger partial charge is 0.478 e. The first-order valence-corrected chi connectivity index (χ1v) is 7.30. The standard InChI is InChI=1S/C14H20BrN3O3/c1-17(2)7-4-8-18(3)14(21)16-10-5-6-12(15)11(9-10)13(19)20/h5-6,9H,4,7-8H2,1-3H3,(H,16,21)(H,19,20). The van der Waals surface area contributed by atoms with Crippen LogP contribution < -0.4 is 5.32 Å². The highest BCUT2D eigenvalue weighted by Crippen LogP contribution is 2.21. The highest BCUT2D eigenvalue weighted by atomic mass is 79.9. The Bertz CT molecular complexity index is 520. The number of aromatic carboxylic acids is 1. The van der Waals surface area contributed by atoms with Gasteiger partial charge >= 0.3 is 12.0 Å². The van der Waals surface area contributed by atoms with Crippen molar-refractivity contribution in [3.63, 3.8) is 0 Å². The van der Waals surface area contributed by atoms with Crippen LogP contribution in [0.15, 0.2) is 22.7 Å². The average Bonchev–Trinajstić information content (AvgIpc) is 2.40. The molecule has 0 saturated heterocycles. The molecule has 0 aliphatic carbocycles. The smallest absolute Gasteiger partial charge is 0.336 e. The molecule has 0 saturated carbocycles. The molecule has 0 radical (unpaired) electrons. The molecular weight excluding hydrogens is 338 g/mol. The second-order valence-electron chi connectivity index (χ2n) is 5.01. The number of carbonyl (C=O) groups excluding carboxylic acids is 1. The van der Waals surface area contributed by atoms with E-state index in [0.717, 1.165) is 13.0 Å². The molecule has 2 amide bonds. The van der Waals surface area contributed by atoms with Gasteiger partial charge in [-0.15, -0.1) is 0 Å². The van der Waals surface area contributed by atoms with Gasteiger partial charge in [0.25, 0.3) is 0 Å². The normalized spacial score (nSPS) is 10.5. The zero-order valence-electron chi connectivity index (χ0n) is 12.4. The number of nitrogens with zero attached hydrogens (tertiary/aromatic N) is 2. The molecule has 0 fully saturated rings. The fourth-order valence-electron chi connectivity index (χ4n) is 1.71. The van der Waals surface area contributed by atoms with Gasteiger partial charge in [0.05, 0.1) is 5.56 Å². The van der Waals surface area contributed by atoms with Crippen LogP contribution in [0.25, 0.3) is 0 Å². The third-order valence-electron chi connectivity index (χ3n) is 2.89. The summed E-state index contributed by atoms with van der Waals surface area (Å²) in [5.41, 5.74) is 0.572. The van der Waals surface area contributed by atoms with Gasteiger partial charge in [0.2, 0.25) is 0 Å². The first kappa shape index (κ1) is 17.5. The number of hydrogen-bond donors (Lipinski definition) is 2. The van der Waals surface area contributed by atoms with Crippen molar-refractivity contribution in [3.05, 3.63) is 28.2 Å². The van der Waals surface area contributed by atoms with E-state index in [9.17, 15) is 9.59 Å². The molecule has 6 nitrogen and oxygen atoms in total. The Kier molecular flexibility index (Phi) is 6.64. The number of nitrogens with one attached hydrogen (secondary N) is 1. The van der Waals surface area contributed by atoms with Gasteiger partial charge in [-0.25, -0.2) is 9.59 Å². The first-order valence-electron chi connectivity index (χ1n) is 6.51. The first-order chi connectivity index (χ1) is 9.81. The molecule has 21 heavy (non-hydrogen) atoms. The van der Waals surface area contributed by atoms with Gasteiger partial charge in [0.1, 0.15) is 0 Å². The van der Waals surface area contributed by atoms with Crippen LogP contribution in [0.2, 0.25) is 0 Å². The molecule has 0 aliphatic rings. The highest BCUT2D eigenvalue weighted by Gasteiger charge is 2.12. The van der Waals surface area contributed by atoms with E-state index in [4.69, 9.17) is 5.11 Å². The van der Waals surface area contributed by atoms with Crippen molar-refractivity contribution in [1.29, 1.82) is 0 Å². The van der Waals surface area contributed by atoms with Crippen molar-refractivity contribution in [2.24, 2.45) is 0 Å². The Morgan fingerprint density at radius 2 is 1.90 bits per heavy atom. The molecule has 1 aromatic rings. The average molecular weight is 358 g/mol. The lowest BCUT2D eigenvalue weighted by atomic mass is 10.2. The Labute approximate surface area is 132 Å². The van der Waals surface area contributed by atoms with Crippen LogP contribution in [-0.4, -0.2) is 61.1 Å². The van der Waals surface area contributed by atoms with E-state index < -0.39 is 5.97 Å². The van der Waals surface area contributed by atoms with Crippen LogP contribution in [0.4, 0.5) is 10.5 Å². The van der Waals surface area contributed by atoms with Crippen molar-refractivity contribution in [1.82, 2.24) is 9.80 Å². The number of anilines is 1. The number of carboxylic acid groups (broad SMARTS) is 1. The van der Waals surface area contributed by atoms with Crippen molar-refractivity contribution in [2.75, 3.05) is 39.5 Å². The second kappa shape index (κ2) is 7.99. The van der Waals surface area contributed by atoms with Crippen LogP contribution in [0.3, 0.4) is 0 Å². The number of benzene rings is 1. The fraction of sp³-hybridized carbons (Fsp3) is 0.429. The number of rotatable bonds is 6. The minimum Gasteiger partial charge on any atom is -0.478 e. The molecule has 116 valence electrons. The molecule has 7 heteroatoms. The maximum atomic E-state index is 12.0. The van der Waals surface area contributed by atoms with Crippen molar-refractivity contribution >= 4 is 33.6 Å². The van der Waals surface area contributed by atoms with Gasteiger partial charge in [-0.05, 0) is 61.2 Å². The quantitative estimate of drug-likeness (QED) is 0.820. The third kappa shape index (κ3) is 5.73. The number of hydrogen-bond acceptors (Lipinski definition) is 3.